The number of rotatable bonds is 7. The van der Waals surface area contributed by atoms with E-state index in [2.05, 4.69) is 31.7 Å². The number of nitrogens with one attached hydrogen (secondary N) is 4. The summed E-state index contributed by atoms with van der Waals surface area (Å²) in [5.41, 5.74) is 7.90. The predicted molar refractivity (Wildman–Crippen MR) is 136 cm³/mol. The quantitative estimate of drug-likeness (QED) is 0.180. The molecule has 4 N–H and O–H groups in total. The molecule has 0 aliphatic carbocycles. The fourth-order valence-electron chi connectivity index (χ4n) is 2.88. The van der Waals surface area contributed by atoms with Crippen molar-refractivity contribution in [3.05, 3.63) is 91.0 Å². The van der Waals surface area contributed by atoms with Crippen molar-refractivity contribution in [2.75, 3.05) is 16.4 Å². The zero-order valence-electron chi connectivity index (χ0n) is 17.4. The van der Waals surface area contributed by atoms with Crippen molar-refractivity contribution in [2.45, 2.75) is 5.16 Å². The van der Waals surface area contributed by atoms with Crippen molar-refractivity contribution in [1.82, 2.24) is 25.6 Å². The summed E-state index contributed by atoms with van der Waals surface area (Å²) in [6.45, 7) is 0. The van der Waals surface area contributed by atoms with Crippen LogP contribution in [0.4, 0.5) is 17.3 Å². The first-order valence-corrected chi connectivity index (χ1v) is 11.4. The number of para-hydroxylation sites is 3. The fraction of sp³-hybridized carbons (Fsp3) is 0.0435. The molecule has 0 spiro atoms. The third kappa shape index (κ3) is 6.31. The van der Waals surface area contributed by atoms with E-state index in [0.29, 0.717) is 16.2 Å². The van der Waals surface area contributed by atoms with Gasteiger partial charge in [0.1, 0.15) is 0 Å². The van der Waals surface area contributed by atoms with Gasteiger partial charge in [-0.25, -0.2) is 0 Å². The van der Waals surface area contributed by atoms with Crippen LogP contribution < -0.4 is 21.5 Å². The Morgan fingerprint density at radius 2 is 1.42 bits per heavy atom. The van der Waals surface area contributed by atoms with Crippen molar-refractivity contribution in [2.24, 2.45) is 0 Å². The smallest absolute Gasteiger partial charge is 0.248 e. The molecule has 33 heavy (non-hydrogen) atoms. The molecular weight excluding hydrogens is 454 g/mol. The standard InChI is InChI=1S/C23H21N7OS2/c31-20(26-28-22(32)25-18-12-6-2-7-13-18)16-33-23-29-27-21(24-17-10-4-1-5-11-17)30(23)19-14-8-3-9-15-19/h1-15H,16H2,(H,24,27)(H,26,31)(H2,25,28,32). The molecular formula is C23H21N7OS2. The van der Waals surface area contributed by atoms with Gasteiger partial charge in [0, 0.05) is 11.4 Å². The molecule has 0 saturated carbocycles. The highest BCUT2D eigenvalue weighted by molar-refractivity contribution is 7.99. The Bertz CT molecular complexity index is 1200. The summed E-state index contributed by atoms with van der Waals surface area (Å²) in [5.74, 6) is 0.427. The number of benzene rings is 3. The maximum atomic E-state index is 12.4. The lowest BCUT2D eigenvalue weighted by atomic mass is 10.3. The lowest BCUT2D eigenvalue weighted by Gasteiger charge is -2.12. The Hall–Kier alpha value is -3.89. The molecule has 1 aromatic heterocycles. The number of thioether (sulfide) groups is 1. The third-order valence-electron chi connectivity index (χ3n) is 4.36. The van der Waals surface area contributed by atoms with Crippen LogP contribution in [-0.4, -0.2) is 31.5 Å². The molecule has 0 radical (unpaired) electrons. The SMILES string of the molecule is O=C(CSc1nnc(Nc2ccccc2)n1-c1ccccc1)NNC(=S)Nc1ccccc1. The molecule has 166 valence electrons. The second-order valence-corrected chi connectivity index (χ2v) is 8.10. The number of amides is 1. The van der Waals surface area contributed by atoms with E-state index < -0.39 is 0 Å². The average Bonchev–Trinajstić information content (AvgIpc) is 3.25. The van der Waals surface area contributed by atoms with Gasteiger partial charge in [-0.15, -0.1) is 10.2 Å². The summed E-state index contributed by atoms with van der Waals surface area (Å²) < 4.78 is 1.87. The van der Waals surface area contributed by atoms with Crippen molar-refractivity contribution in [3.63, 3.8) is 0 Å². The minimum atomic E-state index is -0.252. The molecule has 3 aromatic carbocycles. The first-order chi connectivity index (χ1) is 16.2. The van der Waals surface area contributed by atoms with Crippen LogP contribution in [0.1, 0.15) is 0 Å². The first kappa shape index (κ1) is 22.3. The lowest BCUT2D eigenvalue weighted by Crippen LogP contribution is -2.44. The van der Waals surface area contributed by atoms with Crippen LogP contribution in [0.25, 0.3) is 5.69 Å². The van der Waals surface area contributed by atoms with Crippen LogP contribution in [0.3, 0.4) is 0 Å². The number of carbonyl (C=O) groups is 1. The minimum Gasteiger partial charge on any atom is -0.331 e. The van der Waals surface area contributed by atoms with Crippen LogP contribution in [0.15, 0.2) is 96.2 Å². The van der Waals surface area contributed by atoms with E-state index in [-0.39, 0.29) is 11.7 Å². The van der Waals surface area contributed by atoms with E-state index in [0.717, 1.165) is 17.1 Å². The summed E-state index contributed by atoms with van der Waals surface area (Å²) in [6, 6.07) is 28.9. The number of anilines is 3. The van der Waals surface area contributed by atoms with Crippen LogP contribution in [0.5, 0.6) is 0 Å². The average molecular weight is 476 g/mol. The number of nitrogens with zero attached hydrogens (tertiary/aromatic N) is 3. The monoisotopic (exact) mass is 475 g/mol. The van der Waals surface area contributed by atoms with Crippen molar-refractivity contribution in [3.8, 4) is 5.69 Å². The molecule has 0 unspecified atom stereocenters. The van der Waals surface area contributed by atoms with Crippen LogP contribution in [0, 0.1) is 0 Å². The Labute approximate surface area is 200 Å². The van der Waals surface area contributed by atoms with Gasteiger partial charge in [-0.1, -0.05) is 66.4 Å². The van der Waals surface area contributed by atoms with Gasteiger partial charge in [-0.3, -0.25) is 20.2 Å². The van der Waals surface area contributed by atoms with Gasteiger partial charge in [0.05, 0.1) is 11.4 Å². The van der Waals surface area contributed by atoms with Crippen molar-refractivity contribution >= 4 is 52.3 Å². The second-order valence-electron chi connectivity index (χ2n) is 6.75. The number of thiocarbonyl (C=S) groups is 1. The number of hydrazine groups is 1. The van der Waals surface area contributed by atoms with E-state index in [4.69, 9.17) is 12.2 Å². The van der Waals surface area contributed by atoms with Gasteiger partial charge in [-0.2, -0.15) is 0 Å². The van der Waals surface area contributed by atoms with Crippen LogP contribution in [-0.2, 0) is 4.79 Å². The highest BCUT2D eigenvalue weighted by Gasteiger charge is 2.16. The molecule has 0 bridgehead atoms. The fourth-order valence-corrected chi connectivity index (χ4v) is 3.80. The van der Waals surface area contributed by atoms with Gasteiger partial charge in [-0.05, 0) is 48.6 Å². The zero-order valence-corrected chi connectivity index (χ0v) is 19.1. The first-order valence-electron chi connectivity index (χ1n) is 10.1. The Morgan fingerprint density at radius 3 is 2.09 bits per heavy atom. The number of aromatic nitrogens is 3. The summed E-state index contributed by atoms with van der Waals surface area (Å²) in [4.78, 5) is 12.4. The van der Waals surface area contributed by atoms with E-state index in [1.165, 1.54) is 11.8 Å². The highest BCUT2D eigenvalue weighted by Crippen LogP contribution is 2.26. The second kappa shape index (κ2) is 11.1. The normalized spacial score (nSPS) is 10.3. The summed E-state index contributed by atoms with van der Waals surface area (Å²) >= 11 is 6.47. The van der Waals surface area contributed by atoms with E-state index >= 15 is 0 Å². The van der Waals surface area contributed by atoms with Gasteiger partial charge < -0.3 is 10.6 Å². The van der Waals surface area contributed by atoms with Gasteiger partial charge in [0.2, 0.25) is 11.9 Å². The van der Waals surface area contributed by atoms with Gasteiger partial charge in [0.15, 0.2) is 10.3 Å². The van der Waals surface area contributed by atoms with E-state index in [1.807, 2.05) is 95.6 Å². The van der Waals surface area contributed by atoms with Gasteiger partial charge >= 0.3 is 0 Å². The van der Waals surface area contributed by atoms with Crippen molar-refractivity contribution < 1.29 is 4.79 Å². The maximum absolute atomic E-state index is 12.4. The minimum absolute atomic E-state index is 0.122. The molecule has 1 amide bonds. The summed E-state index contributed by atoms with van der Waals surface area (Å²) in [7, 11) is 0. The molecule has 0 atom stereocenters. The third-order valence-corrected chi connectivity index (χ3v) is 5.49. The molecule has 0 saturated heterocycles. The van der Waals surface area contributed by atoms with E-state index in [1.54, 1.807) is 0 Å². The molecule has 0 aliphatic heterocycles. The Kier molecular flexibility index (Phi) is 7.52. The highest BCUT2D eigenvalue weighted by atomic mass is 32.2. The van der Waals surface area contributed by atoms with Crippen LogP contribution >= 0.6 is 24.0 Å². The molecule has 1 heterocycles. The van der Waals surface area contributed by atoms with Gasteiger partial charge in [0.25, 0.3) is 0 Å². The zero-order chi connectivity index (χ0) is 22.9. The molecule has 0 aliphatic rings. The number of hydrogen-bond acceptors (Lipinski definition) is 6. The number of hydrogen-bond donors (Lipinski definition) is 4. The van der Waals surface area contributed by atoms with E-state index in [9.17, 15) is 4.79 Å². The molecule has 8 nitrogen and oxygen atoms in total. The Morgan fingerprint density at radius 1 is 0.818 bits per heavy atom. The lowest BCUT2D eigenvalue weighted by molar-refractivity contribution is -0.119. The molecule has 0 fully saturated rings. The molecule has 10 heteroatoms. The van der Waals surface area contributed by atoms with Crippen molar-refractivity contribution in [1.29, 1.82) is 0 Å². The molecule has 4 rings (SSSR count). The maximum Gasteiger partial charge on any atom is 0.248 e. The summed E-state index contributed by atoms with van der Waals surface area (Å²) in [6.07, 6.45) is 0. The van der Waals surface area contributed by atoms with Crippen LogP contribution in [0.2, 0.25) is 0 Å². The predicted octanol–water partition coefficient (Wildman–Crippen LogP) is 4.12. The Balaban J connectivity index is 1.39. The number of carbonyl (C=O) groups excluding carboxylic acids is 1. The molecule has 4 aromatic rings. The largest absolute Gasteiger partial charge is 0.331 e. The summed E-state index contributed by atoms with van der Waals surface area (Å²) in [5, 5.41) is 15.7. The topological polar surface area (TPSA) is 95.9 Å².